The topological polar surface area (TPSA) is 56.3 Å². The molecule has 0 aliphatic carbocycles. The van der Waals surface area contributed by atoms with Crippen molar-refractivity contribution in [2.24, 2.45) is 5.92 Å². The molecule has 0 spiro atoms. The van der Waals surface area contributed by atoms with Gasteiger partial charge in [0.15, 0.2) is 0 Å². The summed E-state index contributed by atoms with van der Waals surface area (Å²) in [5, 5.41) is 3.33. The summed E-state index contributed by atoms with van der Waals surface area (Å²) in [5.74, 6) is 1.20. The molecule has 2 heterocycles. The SMILES string of the molecule is CNC(Cc1cc(OC)ncn1)C1OCCC1C. The lowest BCUT2D eigenvalue weighted by molar-refractivity contribution is 0.0631. The van der Waals surface area contributed by atoms with Crippen LogP contribution in [0.2, 0.25) is 0 Å². The highest BCUT2D eigenvalue weighted by molar-refractivity contribution is 5.14. The first-order valence-corrected chi connectivity index (χ1v) is 6.38. The average Bonchev–Trinajstić information content (AvgIpc) is 2.82. The Balaban J connectivity index is 2.05. The van der Waals surface area contributed by atoms with Crippen LogP contribution in [-0.4, -0.2) is 42.9 Å². The summed E-state index contributed by atoms with van der Waals surface area (Å²) >= 11 is 0. The second-order valence-corrected chi connectivity index (χ2v) is 4.75. The van der Waals surface area contributed by atoms with Crippen LogP contribution in [0.25, 0.3) is 0 Å². The summed E-state index contributed by atoms with van der Waals surface area (Å²) < 4.78 is 10.9. The maximum absolute atomic E-state index is 5.81. The molecular formula is C13H21N3O2. The van der Waals surface area contributed by atoms with E-state index >= 15 is 0 Å². The minimum Gasteiger partial charge on any atom is -0.481 e. The van der Waals surface area contributed by atoms with E-state index in [-0.39, 0.29) is 12.1 Å². The highest BCUT2D eigenvalue weighted by Crippen LogP contribution is 2.24. The molecule has 0 aromatic carbocycles. The van der Waals surface area contributed by atoms with Crippen molar-refractivity contribution in [2.45, 2.75) is 31.9 Å². The van der Waals surface area contributed by atoms with Crippen molar-refractivity contribution < 1.29 is 9.47 Å². The van der Waals surface area contributed by atoms with E-state index in [1.54, 1.807) is 13.4 Å². The summed E-state index contributed by atoms with van der Waals surface area (Å²) in [6.45, 7) is 3.10. The van der Waals surface area contributed by atoms with Crippen LogP contribution < -0.4 is 10.1 Å². The number of nitrogens with zero attached hydrogens (tertiary/aromatic N) is 2. The van der Waals surface area contributed by atoms with Gasteiger partial charge in [-0.2, -0.15) is 0 Å². The second-order valence-electron chi connectivity index (χ2n) is 4.75. The quantitative estimate of drug-likeness (QED) is 0.847. The number of methoxy groups -OCH3 is 1. The standard InChI is InChI=1S/C13H21N3O2/c1-9-4-5-18-13(9)11(14-2)6-10-7-12(17-3)16-8-15-10/h7-9,11,13-14H,4-6H2,1-3H3. The van der Waals surface area contributed by atoms with Gasteiger partial charge in [-0.15, -0.1) is 0 Å². The van der Waals surface area contributed by atoms with Crippen LogP contribution in [-0.2, 0) is 11.2 Å². The van der Waals surface area contributed by atoms with Crippen LogP contribution in [0, 0.1) is 5.92 Å². The van der Waals surface area contributed by atoms with Crippen molar-refractivity contribution in [1.82, 2.24) is 15.3 Å². The average molecular weight is 251 g/mol. The van der Waals surface area contributed by atoms with E-state index in [9.17, 15) is 0 Å². The van der Waals surface area contributed by atoms with Crippen molar-refractivity contribution in [1.29, 1.82) is 0 Å². The predicted molar refractivity (Wildman–Crippen MR) is 68.7 cm³/mol. The van der Waals surface area contributed by atoms with E-state index in [1.807, 2.05) is 13.1 Å². The summed E-state index contributed by atoms with van der Waals surface area (Å²) in [7, 11) is 3.58. The van der Waals surface area contributed by atoms with Crippen molar-refractivity contribution in [3.63, 3.8) is 0 Å². The van der Waals surface area contributed by atoms with Crippen molar-refractivity contribution >= 4 is 0 Å². The summed E-state index contributed by atoms with van der Waals surface area (Å²) in [5.41, 5.74) is 0.976. The monoisotopic (exact) mass is 251 g/mol. The van der Waals surface area contributed by atoms with Gasteiger partial charge < -0.3 is 14.8 Å². The third-order valence-corrected chi connectivity index (χ3v) is 3.55. The molecule has 1 aromatic rings. The molecule has 1 fully saturated rings. The van der Waals surface area contributed by atoms with Crippen LogP contribution in [0.4, 0.5) is 0 Å². The molecule has 5 nitrogen and oxygen atoms in total. The Morgan fingerprint density at radius 2 is 2.39 bits per heavy atom. The third-order valence-electron chi connectivity index (χ3n) is 3.55. The largest absolute Gasteiger partial charge is 0.481 e. The number of rotatable bonds is 5. The van der Waals surface area contributed by atoms with Crippen LogP contribution in [0.5, 0.6) is 5.88 Å². The molecule has 0 saturated carbocycles. The first-order valence-electron chi connectivity index (χ1n) is 6.38. The minimum absolute atomic E-state index is 0.260. The molecule has 100 valence electrons. The Labute approximate surface area is 108 Å². The maximum atomic E-state index is 5.81. The lowest BCUT2D eigenvalue weighted by atomic mass is 9.94. The zero-order chi connectivity index (χ0) is 13.0. The predicted octanol–water partition coefficient (Wildman–Crippen LogP) is 1.04. The summed E-state index contributed by atoms with van der Waals surface area (Å²) in [6, 6.07) is 2.16. The van der Waals surface area contributed by atoms with Crippen LogP contribution in [0.15, 0.2) is 12.4 Å². The number of ether oxygens (including phenoxy) is 2. The van der Waals surface area contributed by atoms with Gasteiger partial charge >= 0.3 is 0 Å². The van der Waals surface area contributed by atoms with E-state index in [4.69, 9.17) is 9.47 Å². The molecule has 3 unspecified atom stereocenters. The molecule has 3 atom stereocenters. The second kappa shape index (κ2) is 6.11. The molecular weight excluding hydrogens is 230 g/mol. The van der Waals surface area contributed by atoms with Gasteiger partial charge in [-0.05, 0) is 19.4 Å². The Morgan fingerprint density at radius 1 is 1.56 bits per heavy atom. The molecule has 18 heavy (non-hydrogen) atoms. The van der Waals surface area contributed by atoms with Crippen LogP contribution in [0.1, 0.15) is 19.0 Å². The maximum Gasteiger partial charge on any atom is 0.216 e. The molecule has 0 amide bonds. The van der Waals surface area contributed by atoms with E-state index in [0.717, 1.165) is 25.1 Å². The lowest BCUT2D eigenvalue weighted by Gasteiger charge is -2.25. The summed E-state index contributed by atoms with van der Waals surface area (Å²) in [6.07, 6.45) is 3.76. The molecule has 1 aromatic heterocycles. The molecule has 1 N–H and O–H groups in total. The number of hydrogen-bond donors (Lipinski definition) is 1. The van der Waals surface area contributed by atoms with Gasteiger partial charge in [0.05, 0.1) is 13.2 Å². The first kappa shape index (κ1) is 13.2. The van der Waals surface area contributed by atoms with Gasteiger partial charge in [0, 0.05) is 30.8 Å². The molecule has 0 radical (unpaired) electrons. The van der Waals surface area contributed by atoms with Gasteiger partial charge in [0.25, 0.3) is 0 Å². The number of hydrogen-bond acceptors (Lipinski definition) is 5. The Kier molecular flexibility index (Phi) is 4.49. The fraction of sp³-hybridized carbons (Fsp3) is 0.692. The summed E-state index contributed by atoms with van der Waals surface area (Å²) in [4.78, 5) is 8.30. The first-order chi connectivity index (χ1) is 8.74. The number of aromatic nitrogens is 2. The Morgan fingerprint density at radius 3 is 3.00 bits per heavy atom. The molecule has 1 aliphatic rings. The highest BCUT2D eigenvalue weighted by atomic mass is 16.5. The zero-order valence-corrected chi connectivity index (χ0v) is 11.2. The Hall–Kier alpha value is -1.20. The van der Waals surface area contributed by atoms with E-state index in [0.29, 0.717) is 11.8 Å². The Bertz CT molecular complexity index is 386. The molecule has 1 saturated heterocycles. The lowest BCUT2D eigenvalue weighted by Crippen LogP contribution is -2.42. The highest BCUT2D eigenvalue weighted by Gasteiger charge is 2.31. The smallest absolute Gasteiger partial charge is 0.216 e. The van der Waals surface area contributed by atoms with Crippen LogP contribution >= 0.6 is 0 Å². The van der Waals surface area contributed by atoms with Crippen molar-refractivity contribution in [3.8, 4) is 5.88 Å². The van der Waals surface area contributed by atoms with Gasteiger partial charge in [0.1, 0.15) is 6.33 Å². The van der Waals surface area contributed by atoms with Crippen LogP contribution in [0.3, 0.4) is 0 Å². The molecule has 5 heteroatoms. The fourth-order valence-corrected chi connectivity index (χ4v) is 2.44. The normalized spacial score (nSPS) is 25.1. The third kappa shape index (κ3) is 2.97. The van der Waals surface area contributed by atoms with E-state index in [2.05, 4.69) is 22.2 Å². The minimum atomic E-state index is 0.260. The van der Waals surface area contributed by atoms with Crippen molar-refractivity contribution in [2.75, 3.05) is 20.8 Å². The number of nitrogens with one attached hydrogen (secondary N) is 1. The van der Waals surface area contributed by atoms with Gasteiger partial charge in [-0.3, -0.25) is 0 Å². The van der Waals surface area contributed by atoms with Gasteiger partial charge in [-0.25, -0.2) is 9.97 Å². The van der Waals surface area contributed by atoms with E-state index < -0.39 is 0 Å². The molecule has 1 aliphatic heterocycles. The van der Waals surface area contributed by atoms with Gasteiger partial charge in [-0.1, -0.05) is 6.92 Å². The number of likely N-dealkylation sites (N-methyl/N-ethyl adjacent to an activating group) is 1. The van der Waals surface area contributed by atoms with Gasteiger partial charge in [0.2, 0.25) is 5.88 Å². The van der Waals surface area contributed by atoms with Crippen molar-refractivity contribution in [3.05, 3.63) is 18.1 Å². The zero-order valence-electron chi connectivity index (χ0n) is 11.2. The molecule has 0 bridgehead atoms. The van der Waals surface area contributed by atoms with E-state index in [1.165, 1.54) is 0 Å². The fourth-order valence-electron chi connectivity index (χ4n) is 2.44. The molecule has 2 rings (SSSR count).